The molecule has 0 aliphatic carbocycles. The van der Waals surface area contributed by atoms with Gasteiger partial charge in [0.1, 0.15) is 22.3 Å². The summed E-state index contributed by atoms with van der Waals surface area (Å²) in [5.41, 5.74) is 3.41. The third-order valence-electron chi connectivity index (χ3n) is 7.97. The number of hydrogen-bond donors (Lipinski definition) is 2. The van der Waals surface area contributed by atoms with Gasteiger partial charge in [0.2, 0.25) is 5.95 Å². The number of nitrogens with zero attached hydrogens (tertiary/aromatic N) is 7. The minimum atomic E-state index is -0.873. The number of aromatic nitrogens is 4. The van der Waals surface area contributed by atoms with Crippen molar-refractivity contribution >= 4 is 34.7 Å². The Hall–Kier alpha value is -3.93. The molecule has 4 heterocycles. The summed E-state index contributed by atoms with van der Waals surface area (Å²) in [4.78, 5) is 41.3. The number of aliphatic carboxylic acids is 1. The second kappa shape index (κ2) is 10.3. The van der Waals surface area contributed by atoms with E-state index < -0.39 is 11.5 Å². The van der Waals surface area contributed by atoms with Crippen molar-refractivity contribution in [2.45, 2.75) is 45.3 Å². The number of rotatable bonds is 5. The third kappa shape index (κ3) is 4.96. The molecule has 2 N–H and O–H groups in total. The second-order valence-electron chi connectivity index (χ2n) is 10.9. The lowest BCUT2D eigenvalue weighted by atomic mass is 10.0. The normalized spacial score (nSPS) is 20.9. The number of benzene rings is 1. The van der Waals surface area contributed by atoms with Crippen LogP contribution in [0.25, 0.3) is 22.3 Å². The van der Waals surface area contributed by atoms with Crippen molar-refractivity contribution in [3.8, 4) is 11.3 Å². The van der Waals surface area contributed by atoms with Gasteiger partial charge in [-0.2, -0.15) is 5.10 Å². The summed E-state index contributed by atoms with van der Waals surface area (Å²) < 4.78 is 4.91. The SMILES string of the molecule is COC(=O)N1C[C@@H](C)N(c2ncc3[nH]nc(-c4ccc(N5CCN(C(C)(C)C(=O)O)CC5)cc4)c3n2)[C@@H](C)C1. The average Bonchev–Trinajstić information content (AvgIpc) is 3.35. The zero-order valence-corrected chi connectivity index (χ0v) is 23.1. The fourth-order valence-electron chi connectivity index (χ4n) is 5.61. The van der Waals surface area contributed by atoms with E-state index in [-0.39, 0.29) is 18.2 Å². The number of fused-ring (bicyclic) bond motifs is 1. The maximum atomic E-state index is 12.1. The molecule has 2 aromatic heterocycles. The minimum absolute atomic E-state index is 0.0153. The number of methoxy groups -OCH3 is 1. The van der Waals surface area contributed by atoms with Gasteiger partial charge in [0, 0.05) is 62.6 Å². The number of aromatic amines is 1. The number of carbonyl (C=O) groups is 2. The van der Waals surface area contributed by atoms with Crippen LogP contribution in [-0.4, -0.2) is 111 Å². The van der Waals surface area contributed by atoms with E-state index >= 15 is 0 Å². The molecule has 0 radical (unpaired) electrons. The van der Waals surface area contributed by atoms with Crippen LogP contribution in [0.1, 0.15) is 27.7 Å². The lowest BCUT2D eigenvalue weighted by Crippen LogP contribution is -2.58. The molecular weight excluding hydrogens is 500 g/mol. The summed E-state index contributed by atoms with van der Waals surface area (Å²) in [7, 11) is 1.40. The molecule has 0 unspecified atom stereocenters. The predicted molar refractivity (Wildman–Crippen MR) is 148 cm³/mol. The number of carboxylic acids is 1. The van der Waals surface area contributed by atoms with Crippen molar-refractivity contribution in [2.75, 3.05) is 56.2 Å². The number of carboxylic acid groups (broad SMARTS) is 1. The Bertz CT molecular complexity index is 1340. The van der Waals surface area contributed by atoms with Crippen molar-refractivity contribution in [1.29, 1.82) is 0 Å². The molecule has 2 saturated heterocycles. The van der Waals surface area contributed by atoms with Gasteiger partial charge in [-0.25, -0.2) is 14.8 Å². The summed E-state index contributed by atoms with van der Waals surface area (Å²) in [6.07, 6.45) is 1.43. The Morgan fingerprint density at radius 1 is 1.05 bits per heavy atom. The van der Waals surface area contributed by atoms with Crippen molar-refractivity contribution in [1.82, 2.24) is 30.0 Å². The van der Waals surface area contributed by atoms with Gasteiger partial charge in [0.05, 0.1) is 13.3 Å². The molecule has 39 heavy (non-hydrogen) atoms. The molecule has 0 saturated carbocycles. The number of piperazine rings is 2. The van der Waals surface area contributed by atoms with E-state index in [2.05, 4.69) is 51.0 Å². The average molecular weight is 537 g/mol. The van der Waals surface area contributed by atoms with Crippen LogP contribution in [0.5, 0.6) is 0 Å². The summed E-state index contributed by atoms with van der Waals surface area (Å²) in [5.74, 6) is -0.195. The first-order valence-corrected chi connectivity index (χ1v) is 13.3. The number of H-pyrrole nitrogens is 1. The lowest BCUT2D eigenvalue weighted by Gasteiger charge is -2.43. The molecule has 1 amide bonds. The highest BCUT2D eigenvalue weighted by Crippen LogP contribution is 2.30. The summed E-state index contributed by atoms with van der Waals surface area (Å²) in [5, 5.41) is 17.1. The fraction of sp³-hybridized carbons (Fsp3) is 0.519. The predicted octanol–water partition coefficient (Wildman–Crippen LogP) is 2.67. The van der Waals surface area contributed by atoms with Gasteiger partial charge < -0.3 is 24.5 Å². The molecule has 1 aromatic carbocycles. The Morgan fingerprint density at radius 2 is 1.69 bits per heavy atom. The van der Waals surface area contributed by atoms with Crippen LogP contribution < -0.4 is 9.80 Å². The third-order valence-corrected chi connectivity index (χ3v) is 7.97. The molecule has 12 nitrogen and oxygen atoms in total. The van der Waals surface area contributed by atoms with Gasteiger partial charge in [0.15, 0.2) is 0 Å². The van der Waals surface area contributed by atoms with Crippen LogP contribution in [0.2, 0.25) is 0 Å². The molecule has 2 atom stereocenters. The van der Waals surface area contributed by atoms with Crippen molar-refractivity contribution in [3.05, 3.63) is 30.5 Å². The first-order valence-electron chi connectivity index (χ1n) is 13.3. The fourth-order valence-corrected chi connectivity index (χ4v) is 5.61. The van der Waals surface area contributed by atoms with Gasteiger partial charge >= 0.3 is 12.1 Å². The van der Waals surface area contributed by atoms with Gasteiger partial charge in [0.25, 0.3) is 0 Å². The zero-order chi connectivity index (χ0) is 27.9. The lowest BCUT2D eigenvalue weighted by molar-refractivity contribution is -0.149. The molecule has 5 rings (SSSR count). The van der Waals surface area contributed by atoms with E-state index in [9.17, 15) is 14.7 Å². The second-order valence-corrected chi connectivity index (χ2v) is 10.9. The molecule has 12 heteroatoms. The molecule has 208 valence electrons. The number of hydrogen-bond acceptors (Lipinski definition) is 9. The number of nitrogens with one attached hydrogen (secondary N) is 1. The molecule has 0 spiro atoms. The van der Waals surface area contributed by atoms with E-state index in [1.807, 2.05) is 17.0 Å². The first-order chi connectivity index (χ1) is 18.6. The highest BCUT2D eigenvalue weighted by atomic mass is 16.5. The molecule has 2 aliphatic rings. The van der Waals surface area contributed by atoms with Crippen molar-refractivity contribution in [2.24, 2.45) is 0 Å². The van der Waals surface area contributed by atoms with Crippen LogP contribution in [0.4, 0.5) is 16.4 Å². The zero-order valence-electron chi connectivity index (χ0n) is 23.1. The smallest absolute Gasteiger partial charge is 0.409 e. The number of amides is 1. The largest absolute Gasteiger partial charge is 0.480 e. The minimum Gasteiger partial charge on any atom is -0.480 e. The monoisotopic (exact) mass is 536 g/mol. The van der Waals surface area contributed by atoms with Crippen LogP contribution in [0, 0.1) is 0 Å². The molecule has 2 aliphatic heterocycles. The maximum Gasteiger partial charge on any atom is 0.409 e. The highest BCUT2D eigenvalue weighted by Gasteiger charge is 2.36. The number of anilines is 2. The Labute approximate surface area is 227 Å². The summed E-state index contributed by atoms with van der Waals surface area (Å²) >= 11 is 0. The summed E-state index contributed by atoms with van der Waals surface area (Å²) in [6.45, 7) is 11.6. The van der Waals surface area contributed by atoms with Gasteiger partial charge in [-0.1, -0.05) is 12.1 Å². The van der Waals surface area contributed by atoms with E-state index in [0.29, 0.717) is 32.1 Å². The van der Waals surface area contributed by atoms with Gasteiger partial charge in [-0.05, 0) is 39.8 Å². The molecule has 2 fully saturated rings. The van der Waals surface area contributed by atoms with Crippen molar-refractivity contribution in [3.63, 3.8) is 0 Å². The first kappa shape index (κ1) is 26.7. The Morgan fingerprint density at radius 3 is 2.28 bits per heavy atom. The van der Waals surface area contributed by atoms with Crippen LogP contribution >= 0.6 is 0 Å². The van der Waals surface area contributed by atoms with Gasteiger partial charge in [-0.3, -0.25) is 14.8 Å². The number of carbonyl (C=O) groups excluding carboxylic acids is 1. The van der Waals surface area contributed by atoms with E-state index in [1.54, 1.807) is 24.9 Å². The van der Waals surface area contributed by atoms with Crippen LogP contribution in [-0.2, 0) is 9.53 Å². The van der Waals surface area contributed by atoms with Crippen LogP contribution in [0.3, 0.4) is 0 Å². The van der Waals surface area contributed by atoms with Crippen LogP contribution in [0.15, 0.2) is 30.5 Å². The van der Waals surface area contributed by atoms with Crippen molar-refractivity contribution < 1.29 is 19.4 Å². The standard InChI is InChI=1S/C27H36N8O4/c1-17-15-33(26(38)39-5)16-18(2)35(17)25-28-14-21-23(29-25)22(31-30-21)19-6-8-20(9-7-19)32-10-12-34(13-11-32)27(3,4)24(36)37/h6-9,14,17-18H,10-13,15-16H2,1-5H3,(H,30,31)(H,36,37)/t17-,18+. The van der Waals surface area contributed by atoms with E-state index in [0.717, 1.165) is 41.1 Å². The topological polar surface area (TPSA) is 131 Å². The molecular formula is C27H36N8O4. The molecule has 3 aromatic rings. The Balaban J connectivity index is 1.33. The van der Waals surface area contributed by atoms with E-state index in [1.165, 1.54) is 7.11 Å². The number of ether oxygens (including phenoxy) is 1. The van der Waals surface area contributed by atoms with Gasteiger partial charge in [-0.15, -0.1) is 0 Å². The maximum absolute atomic E-state index is 12.1. The Kier molecular flexibility index (Phi) is 7.06. The highest BCUT2D eigenvalue weighted by molar-refractivity contribution is 5.90. The molecule has 0 bridgehead atoms. The van der Waals surface area contributed by atoms with E-state index in [4.69, 9.17) is 9.72 Å². The summed E-state index contributed by atoms with van der Waals surface area (Å²) in [6, 6.07) is 8.27. The quantitative estimate of drug-likeness (QED) is 0.502.